The van der Waals surface area contributed by atoms with Crippen molar-refractivity contribution in [3.63, 3.8) is 0 Å². The quantitative estimate of drug-likeness (QED) is 0.715. The normalized spacial score (nSPS) is 11.0. The first-order valence-electron chi connectivity index (χ1n) is 6.57. The molecule has 4 heteroatoms. The summed E-state index contributed by atoms with van der Waals surface area (Å²) in [6, 6.07) is 10.1. The molecule has 102 valence electrons. The van der Waals surface area contributed by atoms with Crippen LogP contribution in [0.1, 0.15) is 17.0 Å². The van der Waals surface area contributed by atoms with Crippen LogP contribution in [0.2, 0.25) is 0 Å². The van der Waals surface area contributed by atoms with Crippen molar-refractivity contribution < 1.29 is 4.74 Å². The number of methoxy groups -OCH3 is 1. The van der Waals surface area contributed by atoms with Gasteiger partial charge in [0.2, 0.25) is 0 Å². The Morgan fingerprint density at radius 1 is 1.05 bits per heavy atom. The molecule has 0 saturated heterocycles. The van der Waals surface area contributed by atoms with Crippen LogP contribution >= 0.6 is 0 Å². The van der Waals surface area contributed by atoms with Gasteiger partial charge in [0, 0.05) is 17.1 Å². The van der Waals surface area contributed by atoms with Crippen molar-refractivity contribution in [3.8, 4) is 11.6 Å². The third-order valence-electron chi connectivity index (χ3n) is 3.44. The SMILES string of the molecule is COc1ccc2c(C)cc(-n3nc(C)cc3C)nc2c1. The van der Waals surface area contributed by atoms with E-state index in [9.17, 15) is 0 Å². The molecule has 0 atom stereocenters. The summed E-state index contributed by atoms with van der Waals surface area (Å²) in [7, 11) is 1.67. The molecule has 2 heterocycles. The molecule has 1 aromatic carbocycles. The summed E-state index contributed by atoms with van der Waals surface area (Å²) in [4.78, 5) is 4.71. The van der Waals surface area contributed by atoms with Gasteiger partial charge in [-0.05, 0) is 50.6 Å². The fourth-order valence-electron chi connectivity index (χ4n) is 2.46. The van der Waals surface area contributed by atoms with E-state index in [0.29, 0.717) is 0 Å². The number of aromatic nitrogens is 3. The van der Waals surface area contributed by atoms with Crippen LogP contribution in [0.5, 0.6) is 5.75 Å². The van der Waals surface area contributed by atoms with Gasteiger partial charge in [-0.3, -0.25) is 0 Å². The molecule has 20 heavy (non-hydrogen) atoms. The number of hydrogen-bond donors (Lipinski definition) is 0. The van der Waals surface area contributed by atoms with Crippen LogP contribution in [0.3, 0.4) is 0 Å². The maximum absolute atomic E-state index is 5.27. The molecule has 0 unspecified atom stereocenters. The molecule has 0 aliphatic carbocycles. The molecule has 0 radical (unpaired) electrons. The van der Waals surface area contributed by atoms with Crippen LogP contribution in [0, 0.1) is 20.8 Å². The molecule has 3 aromatic rings. The van der Waals surface area contributed by atoms with Crippen molar-refractivity contribution in [1.82, 2.24) is 14.8 Å². The monoisotopic (exact) mass is 267 g/mol. The number of rotatable bonds is 2. The number of nitrogens with zero attached hydrogens (tertiary/aromatic N) is 3. The molecule has 0 aliphatic heterocycles. The summed E-state index contributed by atoms with van der Waals surface area (Å²) < 4.78 is 7.15. The second-order valence-corrected chi connectivity index (χ2v) is 5.02. The summed E-state index contributed by atoms with van der Waals surface area (Å²) in [6.07, 6.45) is 0. The predicted molar refractivity (Wildman–Crippen MR) is 79.6 cm³/mol. The first-order chi connectivity index (χ1) is 9.58. The van der Waals surface area contributed by atoms with Crippen LogP contribution in [0.25, 0.3) is 16.7 Å². The van der Waals surface area contributed by atoms with Gasteiger partial charge in [-0.25, -0.2) is 9.67 Å². The number of hydrogen-bond acceptors (Lipinski definition) is 3. The van der Waals surface area contributed by atoms with E-state index in [2.05, 4.69) is 18.1 Å². The van der Waals surface area contributed by atoms with E-state index in [-0.39, 0.29) is 0 Å². The highest BCUT2D eigenvalue weighted by atomic mass is 16.5. The zero-order valence-electron chi connectivity index (χ0n) is 12.1. The lowest BCUT2D eigenvalue weighted by Crippen LogP contribution is -2.03. The molecule has 0 fully saturated rings. The summed E-state index contributed by atoms with van der Waals surface area (Å²) in [5.41, 5.74) is 4.18. The van der Waals surface area contributed by atoms with Crippen molar-refractivity contribution in [1.29, 1.82) is 0 Å². The summed E-state index contributed by atoms with van der Waals surface area (Å²) in [6.45, 7) is 6.11. The van der Waals surface area contributed by atoms with E-state index in [0.717, 1.165) is 33.9 Å². The average Bonchev–Trinajstić information content (AvgIpc) is 2.77. The predicted octanol–water partition coefficient (Wildman–Crippen LogP) is 3.35. The van der Waals surface area contributed by atoms with Crippen LogP contribution < -0.4 is 4.74 Å². The zero-order valence-corrected chi connectivity index (χ0v) is 12.1. The topological polar surface area (TPSA) is 39.9 Å². The number of aryl methyl sites for hydroxylation is 3. The Morgan fingerprint density at radius 3 is 2.50 bits per heavy atom. The maximum Gasteiger partial charge on any atom is 0.154 e. The zero-order chi connectivity index (χ0) is 14.3. The molecule has 0 spiro atoms. The number of benzene rings is 1. The standard InChI is InChI=1S/C16H17N3O/c1-10-7-16(19-12(3)8-11(2)18-19)17-15-9-13(20-4)5-6-14(10)15/h5-9H,1-4H3. The Bertz CT molecular complexity index is 790. The molecule has 2 aromatic heterocycles. The molecule has 0 aliphatic rings. The van der Waals surface area contributed by atoms with Crippen molar-refractivity contribution in [2.45, 2.75) is 20.8 Å². The van der Waals surface area contributed by atoms with Gasteiger partial charge in [0.25, 0.3) is 0 Å². The Hall–Kier alpha value is -2.36. The van der Waals surface area contributed by atoms with Gasteiger partial charge in [0.05, 0.1) is 18.3 Å². The van der Waals surface area contributed by atoms with Gasteiger partial charge in [-0.2, -0.15) is 5.10 Å². The van der Waals surface area contributed by atoms with E-state index >= 15 is 0 Å². The Kier molecular flexibility index (Phi) is 2.93. The maximum atomic E-state index is 5.27. The first-order valence-corrected chi connectivity index (χ1v) is 6.57. The molecule has 3 rings (SSSR count). The number of pyridine rings is 1. The Morgan fingerprint density at radius 2 is 1.85 bits per heavy atom. The average molecular weight is 267 g/mol. The lowest BCUT2D eigenvalue weighted by molar-refractivity contribution is 0.415. The van der Waals surface area contributed by atoms with Gasteiger partial charge in [-0.1, -0.05) is 0 Å². The van der Waals surface area contributed by atoms with Gasteiger partial charge in [-0.15, -0.1) is 0 Å². The molecular weight excluding hydrogens is 250 g/mol. The highest BCUT2D eigenvalue weighted by Crippen LogP contribution is 2.24. The minimum absolute atomic E-state index is 0.815. The Balaban J connectivity index is 2.24. The third-order valence-corrected chi connectivity index (χ3v) is 3.44. The van der Waals surface area contributed by atoms with E-state index in [1.807, 2.05) is 42.8 Å². The lowest BCUT2D eigenvalue weighted by atomic mass is 10.1. The van der Waals surface area contributed by atoms with Gasteiger partial charge in [0.1, 0.15) is 5.75 Å². The fraction of sp³-hybridized carbons (Fsp3) is 0.250. The molecule has 0 bridgehead atoms. The fourth-order valence-corrected chi connectivity index (χ4v) is 2.46. The number of fused-ring (bicyclic) bond motifs is 1. The van der Waals surface area contributed by atoms with E-state index < -0.39 is 0 Å². The molecular formula is C16H17N3O. The molecule has 0 saturated carbocycles. The first kappa shape index (κ1) is 12.7. The van der Waals surface area contributed by atoms with Crippen molar-refractivity contribution >= 4 is 10.9 Å². The minimum Gasteiger partial charge on any atom is -0.497 e. The Labute approximate surface area is 118 Å². The van der Waals surface area contributed by atoms with Crippen LogP contribution in [0.4, 0.5) is 0 Å². The molecule has 4 nitrogen and oxygen atoms in total. The van der Waals surface area contributed by atoms with E-state index in [1.165, 1.54) is 5.56 Å². The molecule has 0 N–H and O–H groups in total. The van der Waals surface area contributed by atoms with Crippen LogP contribution in [-0.4, -0.2) is 21.9 Å². The van der Waals surface area contributed by atoms with Crippen molar-refractivity contribution in [2.75, 3.05) is 7.11 Å². The van der Waals surface area contributed by atoms with Crippen molar-refractivity contribution in [2.24, 2.45) is 0 Å². The van der Waals surface area contributed by atoms with Crippen molar-refractivity contribution in [3.05, 3.63) is 47.3 Å². The second-order valence-electron chi connectivity index (χ2n) is 5.02. The van der Waals surface area contributed by atoms with E-state index in [4.69, 9.17) is 9.72 Å². The third kappa shape index (κ3) is 2.03. The second kappa shape index (κ2) is 4.63. The summed E-state index contributed by atoms with van der Waals surface area (Å²) >= 11 is 0. The van der Waals surface area contributed by atoms with Gasteiger partial charge < -0.3 is 4.74 Å². The summed E-state index contributed by atoms with van der Waals surface area (Å²) in [5.74, 6) is 1.66. The largest absolute Gasteiger partial charge is 0.497 e. The van der Waals surface area contributed by atoms with E-state index in [1.54, 1.807) is 7.11 Å². The van der Waals surface area contributed by atoms with Crippen LogP contribution in [-0.2, 0) is 0 Å². The van der Waals surface area contributed by atoms with Gasteiger partial charge >= 0.3 is 0 Å². The number of ether oxygens (including phenoxy) is 1. The summed E-state index contributed by atoms with van der Waals surface area (Å²) in [5, 5.41) is 5.63. The molecule has 0 amide bonds. The highest BCUT2D eigenvalue weighted by Gasteiger charge is 2.09. The lowest BCUT2D eigenvalue weighted by Gasteiger charge is -2.09. The highest BCUT2D eigenvalue weighted by molar-refractivity contribution is 5.84. The minimum atomic E-state index is 0.815. The van der Waals surface area contributed by atoms with Crippen LogP contribution in [0.15, 0.2) is 30.3 Å². The smallest absolute Gasteiger partial charge is 0.154 e. The van der Waals surface area contributed by atoms with Gasteiger partial charge in [0.15, 0.2) is 5.82 Å².